The number of rotatable bonds is 6. The molecule has 2 amide bonds. The summed E-state index contributed by atoms with van der Waals surface area (Å²) in [5.41, 5.74) is 0.774. The van der Waals surface area contributed by atoms with Crippen molar-refractivity contribution in [3.63, 3.8) is 0 Å². The fourth-order valence-electron chi connectivity index (χ4n) is 3.11. The number of benzene rings is 1. The first-order valence-corrected chi connectivity index (χ1v) is 9.79. The predicted octanol–water partition coefficient (Wildman–Crippen LogP) is 0.344. The molecule has 1 aromatic rings. The number of nitrogens with zero attached hydrogens (tertiary/aromatic N) is 1. The van der Waals surface area contributed by atoms with Crippen LogP contribution in [0.3, 0.4) is 0 Å². The van der Waals surface area contributed by atoms with E-state index in [0.717, 1.165) is 30.8 Å². The van der Waals surface area contributed by atoms with Gasteiger partial charge in [0.2, 0.25) is 10.0 Å². The standard InChI is InChI=1S/C16H21N3O4S/c20-15-13-4-1-2-5-14(13)16(21)19(15)10-3-11-24(22,23)18-12-6-8-17-9-7-12/h1-2,4-5,12,17-18H,3,6-11H2. The van der Waals surface area contributed by atoms with Crippen molar-refractivity contribution >= 4 is 21.8 Å². The number of sulfonamides is 1. The number of imide groups is 1. The highest BCUT2D eigenvalue weighted by atomic mass is 32.2. The Morgan fingerprint density at radius 3 is 2.25 bits per heavy atom. The zero-order valence-corrected chi connectivity index (χ0v) is 14.1. The largest absolute Gasteiger partial charge is 0.317 e. The number of amides is 2. The molecule has 0 radical (unpaired) electrons. The zero-order chi connectivity index (χ0) is 17.2. The van der Waals surface area contributed by atoms with Crippen LogP contribution in [0.25, 0.3) is 0 Å². The summed E-state index contributed by atoms with van der Waals surface area (Å²) in [5, 5.41) is 3.18. The molecule has 2 aliphatic rings. The van der Waals surface area contributed by atoms with Gasteiger partial charge >= 0.3 is 0 Å². The second-order valence-corrected chi connectivity index (χ2v) is 8.00. The lowest BCUT2D eigenvalue weighted by Gasteiger charge is -2.23. The maximum absolute atomic E-state index is 12.2. The van der Waals surface area contributed by atoms with Crippen molar-refractivity contribution in [3.05, 3.63) is 35.4 Å². The lowest BCUT2D eigenvalue weighted by molar-refractivity contribution is 0.0654. The van der Waals surface area contributed by atoms with Crippen LogP contribution < -0.4 is 10.0 Å². The fourth-order valence-corrected chi connectivity index (χ4v) is 4.48. The van der Waals surface area contributed by atoms with Crippen molar-refractivity contribution in [1.29, 1.82) is 0 Å². The Bertz CT molecular complexity index is 706. The minimum absolute atomic E-state index is 0.0319. The van der Waals surface area contributed by atoms with Crippen molar-refractivity contribution in [2.45, 2.75) is 25.3 Å². The number of carbonyl (C=O) groups is 2. The highest BCUT2D eigenvalue weighted by molar-refractivity contribution is 7.89. The van der Waals surface area contributed by atoms with Gasteiger partial charge in [0.25, 0.3) is 11.8 Å². The number of fused-ring (bicyclic) bond motifs is 1. The Kier molecular flexibility index (Phi) is 4.98. The highest BCUT2D eigenvalue weighted by Crippen LogP contribution is 2.22. The SMILES string of the molecule is O=C1c2ccccc2C(=O)N1CCCS(=O)(=O)NC1CCNCC1. The summed E-state index contributed by atoms with van der Waals surface area (Å²) in [6.07, 6.45) is 1.78. The topological polar surface area (TPSA) is 95.6 Å². The van der Waals surface area contributed by atoms with Crippen LogP contribution in [-0.2, 0) is 10.0 Å². The van der Waals surface area contributed by atoms with Crippen LogP contribution in [0.15, 0.2) is 24.3 Å². The summed E-state index contributed by atoms with van der Waals surface area (Å²) in [5.74, 6) is -0.789. The van der Waals surface area contributed by atoms with Gasteiger partial charge in [0.1, 0.15) is 0 Å². The van der Waals surface area contributed by atoms with Gasteiger partial charge in [0.05, 0.1) is 16.9 Å². The molecule has 1 saturated heterocycles. The maximum atomic E-state index is 12.2. The van der Waals surface area contributed by atoms with Crippen LogP contribution in [0, 0.1) is 0 Å². The Morgan fingerprint density at radius 2 is 1.67 bits per heavy atom. The number of piperidine rings is 1. The fraction of sp³-hybridized carbons (Fsp3) is 0.500. The van der Waals surface area contributed by atoms with Gasteiger partial charge in [-0.3, -0.25) is 14.5 Å². The number of nitrogens with one attached hydrogen (secondary N) is 2. The minimum Gasteiger partial charge on any atom is -0.317 e. The van der Waals surface area contributed by atoms with Crippen LogP contribution in [-0.4, -0.2) is 56.6 Å². The van der Waals surface area contributed by atoms with Crippen molar-refractivity contribution in [1.82, 2.24) is 14.9 Å². The minimum atomic E-state index is -3.40. The second kappa shape index (κ2) is 7.00. The van der Waals surface area contributed by atoms with Crippen LogP contribution in [0.4, 0.5) is 0 Å². The monoisotopic (exact) mass is 351 g/mol. The Morgan fingerprint density at radius 1 is 1.08 bits per heavy atom. The average molecular weight is 351 g/mol. The molecule has 7 nitrogen and oxygen atoms in total. The third-order valence-electron chi connectivity index (χ3n) is 4.36. The van der Waals surface area contributed by atoms with Crippen LogP contribution >= 0.6 is 0 Å². The summed E-state index contributed by atoms with van der Waals surface area (Å²) in [6.45, 7) is 1.73. The predicted molar refractivity (Wildman–Crippen MR) is 89.2 cm³/mol. The lowest BCUT2D eigenvalue weighted by Crippen LogP contribution is -2.43. The van der Waals surface area contributed by atoms with Crippen LogP contribution in [0.5, 0.6) is 0 Å². The normalized spacial score (nSPS) is 18.9. The van der Waals surface area contributed by atoms with Crippen molar-refractivity contribution in [2.75, 3.05) is 25.4 Å². The van der Waals surface area contributed by atoms with Gasteiger partial charge in [-0.2, -0.15) is 0 Å². The van der Waals surface area contributed by atoms with E-state index in [0.29, 0.717) is 11.1 Å². The third-order valence-corrected chi connectivity index (χ3v) is 5.88. The van der Waals surface area contributed by atoms with E-state index in [9.17, 15) is 18.0 Å². The van der Waals surface area contributed by atoms with Crippen LogP contribution in [0.1, 0.15) is 40.0 Å². The van der Waals surface area contributed by atoms with Gasteiger partial charge < -0.3 is 5.32 Å². The van der Waals surface area contributed by atoms with E-state index in [4.69, 9.17) is 0 Å². The van der Waals surface area contributed by atoms with E-state index in [2.05, 4.69) is 10.0 Å². The van der Waals surface area contributed by atoms with Gasteiger partial charge in [-0.1, -0.05) is 12.1 Å². The van der Waals surface area contributed by atoms with Gasteiger partial charge in [0.15, 0.2) is 0 Å². The van der Waals surface area contributed by atoms with Crippen molar-refractivity contribution in [2.24, 2.45) is 0 Å². The highest BCUT2D eigenvalue weighted by Gasteiger charge is 2.34. The number of hydrogen-bond acceptors (Lipinski definition) is 5. The van der Waals surface area contributed by atoms with Crippen molar-refractivity contribution < 1.29 is 18.0 Å². The zero-order valence-electron chi connectivity index (χ0n) is 13.3. The summed E-state index contributed by atoms with van der Waals surface area (Å²) in [4.78, 5) is 25.6. The first-order chi connectivity index (χ1) is 11.5. The second-order valence-electron chi connectivity index (χ2n) is 6.12. The molecular formula is C16H21N3O4S. The van der Waals surface area contributed by atoms with Gasteiger partial charge in [-0.05, 0) is 44.5 Å². The van der Waals surface area contributed by atoms with E-state index >= 15 is 0 Å². The van der Waals surface area contributed by atoms with E-state index in [-0.39, 0.29) is 36.6 Å². The average Bonchev–Trinajstić information content (AvgIpc) is 2.81. The summed E-state index contributed by atoms with van der Waals surface area (Å²) in [7, 11) is -3.40. The molecule has 1 aromatic carbocycles. The first kappa shape index (κ1) is 17.1. The molecule has 0 atom stereocenters. The molecule has 2 N–H and O–H groups in total. The molecule has 0 unspecified atom stereocenters. The molecule has 8 heteroatoms. The quantitative estimate of drug-likeness (QED) is 0.721. The first-order valence-electron chi connectivity index (χ1n) is 8.14. The van der Waals surface area contributed by atoms with E-state index in [1.54, 1.807) is 24.3 Å². The molecule has 0 saturated carbocycles. The molecule has 130 valence electrons. The summed E-state index contributed by atoms with van der Waals surface area (Å²) >= 11 is 0. The van der Waals surface area contributed by atoms with Crippen molar-refractivity contribution in [3.8, 4) is 0 Å². The molecular weight excluding hydrogens is 330 g/mol. The molecule has 2 heterocycles. The summed E-state index contributed by atoms with van der Waals surface area (Å²) in [6, 6.07) is 6.62. The van der Waals surface area contributed by atoms with E-state index in [1.165, 1.54) is 0 Å². The van der Waals surface area contributed by atoms with Crippen LogP contribution in [0.2, 0.25) is 0 Å². The molecule has 2 aliphatic heterocycles. The molecule has 3 rings (SSSR count). The molecule has 24 heavy (non-hydrogen) atoms. The molecule has 0 aliphatic carbocycles. The summed E-state index contributed by atoms with van der Waals surface area (Å²) < 4.78 is 27.0. The van der Waals surface area contributed by atoms with E-state index in [1.807, 2.05) is 0 Å². The smallest absolute Gasteiger partial charge is 0.261 e. The Hall–Kier alpha value is -1.77. The number of carbonyl (C=O) groups excluding carboxylic acids is 2. The number of hydrogen-bond donors (Lipinski definition) is 2. The molecule has 0 spiro atoms. The third kappa shape index (κ3) is 3.66. The molecule has 0 bridgehead atoms. The van der Waals surface area contributed by atoms with Gasteiger partial charge in [0, 0.05) is 12.6 Å². The van der Waals surface area contributed by atoms with Gasteiger partial charge in [-0.15, -0.1) is 0 Å². The Balaban J connectivity index is 1.53. The molecule has 1 fully saturated rings. The van der Waals surface area contributed by atoms with E-state index < -0.39 is 10.0 Å². The maximum Gasteiger partial charge on any atom is 0.261 e. The molecule has 0 aromatic heterocycles. The van der Waals surface area contributed by atoms with Gasteiger partial charge in [-0.25, -0.2) is 13.1 Å². The Labute approximate surface area is 141 Å². The lowest BCUT2D eigenvalue weighted by atomic mass is 10.1.